The van der Waals surface area contributed by atoms with E-state index in [0.717, 1.165) is 22.3 Å². The van der Waals surface area contributed by atoms with Crippen LogP contribution in [0.15, 0.2) is 30.5 Å². The van der Waals surface area contributed by atoms with E-state index in [1.807, 2.05) is 36.2 Å². The minimum atomic E-state index is 0.0253. The van der Waals surface area contributed by atoms with Crippen molar-refractivity contribution in [2.24, 2.45) is 0 Å². The van der Waals surface area contributed by atoms with Crippen LogP contribution in [0.25, 0.3) is 0 Å². The van der Waals surface area contributed by atoms with Crippen LogP contribution in [0.1, 0.15) is 10.4 Å². The average Bonchev–Trinajstić information content (AvgIpc) is 2.75. The van der Waals surface area contributed by atoms with E-state index in [9.17, 15) is 0 Å². The molecule has 17 heavy (non-hydrogen) atoms. The number of aliphatic hydroxyl groups excluding tert-OH is 1. The second kappa shape index (κ2) is 5.49. The summed E-state index contributed by atoms with van der Waals surface area (Å²) in [5.41, 5.74) is 0.821. The minimum Gasteiger partial charge on any atom is -0.392 e. The maximum atomic E-state index is 8.94. The predicted octanol–water partition coefficient (Wildman–Crippen LogP) is 2.93. The first-order valence-corrected chi connectivity index (χ1v) is 6.39. The zero-order chi connectivity index (χ0) is 12.3. The third-order valence-corrected chi connectivity index (χ3v) is 3.62. The Morgan fingerprint density at radius 3 is 2.71 bits per heavy atom. The summed E-state index contributed by atoms with van der Waals surface area (Å²) in [6.45, 7) is 0.806. The lowest BCUT2D eigenvalue weighted by Gasteiger charge is -2.17. The number of hydrogen-bond acceptors (Lipinski definition) is 4. The Labute approximate surface area is 109 Å². The van der Waals surface area contributed by atoms with Gasteiger partial charge in [0.25, 0.3) is 0 Å². The molecule has 0 amide bonds. The highest BCUT2D eigenvalue weighted by atomic mass is 35.5. The number of aromatic nitrogens is 1. The first kappa shape index (κ1) is 12.4. The van der Waals surface area contributed by atoms with Gasteiger partial charge in [-0.3, -0.25) is 0 Å². The van der Waals surface area contributed by atoms with Crippen LogP contribution < -0.4 is 4.90 Å². The van der Waals surface area contributed by atoms with Crippen LogP contribution >= 0.6 is 22.9 Å². The number of nitrogens with zero attached hydrogens (tertiary/aromatic N) is 2. The van der Waals surface area contributed by atoms with Crippen LogP contribution in [0.3, 0.4) is 0 Å². The fourth-order valence-electron chi connectivity index (χ4n) is 1.49. The molecule has 0 aliphatic rings. The molecule has 0 saturated heterocycles. The molecule has 0 radical (unpaired) electrons. The topological polar surface area (TPSA) is 36.4 Å². The summed E-state index contributed by atoms with van der Waals surface area (Å²) in [6.07, 6.45) is 1.69. The molecule has 0 atom stereocenters. The number of pyridine rings is 1. The summed E-state index contributed by atoms with van der Waals surface area (Å²) in [7, 11) is 1.98. The van der Waals surface area contributed by atoms with E-state index in [2.05, 4.69) is 4.98 Å². The molecule has 0 fully saturated rings. The maximum absolute atomic E-state index is 8.94. The van der Waals surface area contributed by atoms with Crippen molar-refractivity contribution in [3.05, 3.63) is 45.2 Å². The molecule has 0 saturated carbocycles. The number of rotatable bonds is 4. The maximum Gasteiger partial charge on any atom is 0.128 e. The Morgan fingerprint density at radius 2 is 2.18 bits per heavy atom. The third kappa shape index (κ3) is 3.19. The standard InChI is InChI=1S/C12H13ClN2OS/c1-15(7-10-3-4-11(13)17-10)12-5-2-9(8-16)6-14-12/h2-6,16H,7-8H2,1H3. The molecule has 2 aromatic rings. The first-order valence-electron chi connectivity index (χ1n) is 5.20. The van der Waals surface area contributed by atoms with Gasteiger partial charge in [-0.1, -0.05) is 17.7 Å². The van der Waals surface area contributed by atoms with Gasteiger partial charge >= 0.3 is 0 Å². The van der Waals surface area contributed by atoms with Gasteiger partial charge in [0.1, 0.15) is 5.82 Å². The van der Waals surface area contributed by atoms with Gasteiger partial charge in [-0.25, -0.2) is 4.98 Å². The number of anilines is 1. The minimum absolute atomic E-state index is 0.0253. The smallest absolute Gasteiger partial charge is 0.128 e. The zero-order valence-electron chi connectivity index (χ0n) is 9.43. The Balaban J connectivity index is 2.06. The lowest BCUT2D eigenvalue weighted by atomic mass is 10.3. The fraction of sp³-hybridized carbons (Fsp3) is 0.250. The number of thiophene rings is 1. The lowest BCUT2D eigenvalue weighted by Crippen LogP contribution is -2.16. The molecule has 0 aliphatic heterocycles. The van der Waals surface area contributed by atoms with E-state index in [1.54, 1.807) is 17.5 Å². The molecule has 2 heterocycles. The van der Waals surface area contributed by atoms with Crippen molar-refractivity contribution < 1.29 is 5.11 Å². The van der Waals surface area contributed by atoms with Crippen molar-refractivity contribution in [1.29, 1.82) is 0 Å². The van der Waals surface area contributed by atoms with Gasteiger partial charge in [-0.05, 0) is 23.8 Å². The van der Waals surface area contributed by atoms with Crippen molar-refractivity contribution in [2.45, 2.75) is 13.2 Å². The van der Waals surface area contributed by atoms with Crippen LogP contribution in [-0.2, 0) is 13.2 Å². The largest absolute Gasteiger partial charge is 0.392 e. The summed E-state index contributed by atoms with van der Waals surface area (Å²) in [5.74, 6) is 0.881. The number of hydrogen-bond donors (Lipinski definition) is 1. The molecule has 0 spiro atoms. The Bertz CT molecular complexity index is 484. The molecule has 0 aliphatic carbocycles. The van der Waals surface area contributed by atoms with E-state index >= 15 is 0 Å². The third-order valence-electron chi connectivity index (χ3n) is 2.40. The van der Waals surface area contributed by atoms with Gasteiger partial charge < -0.3 is 10.0 Å². The van der Waals surface area contributed by atoms with E-state index in [-0.39, 0.29) is 6.61 Å². The van der Waals surface area contributed by atoms with Crippen LogP contribution in [0.5, 0.6) is 0 Å². The van der Waals surface area contributed by atoms with Gasteiger partial charge in [0, 0.05) is 18.1 Å². The summed E-state index contributed by atoms with van der Waals surface area (Å²) < 4.78 is 0.803. The Hall–Kier alpha value is -1.10. The molecular weight excluding hydrogens is 256 g/mol. The van der Waals surface area contributed by atoms with E-state index in [0.29, 0.717) is 0 Å². The van der Waals surface area contributed by atoms with Gasteiger partial charge in [0.05, 0.1) is 17.5 Å². The average molecular weight is 269 g/mol. The van der Waals surface area contributed by atoms with Crippen molar-refractivity contribution in [3.8, 4) is 0 Å². The molecule has 5 heteroatoms. The Morgan fingerprint density at radius 1 is 1.35 bits per heavy atom. The summed E-state index contributed by atoms with van der Waals surface area (Å²) in [5, 5.41) is 8.94. The fourth-order valence-corrected chi connectivity index (χ4v) is 2.63. The molecule has 3 nitrogen and oxygen atoms in total. The highest BCUT2D eigenvalue weighted by molar-refractivity contribution is 7.16. The molecule has 0 unspecified atom stereocenters. The van der Waals surface area contributed by atoms with Crippen molar-refractivity contribution in [1.82, 2.24) is 4.98 Å². The number of aliphatic hydroxyl groups is 1. The monoisotopic (exact) mass is 268 g/mol. The molecular formula is C12H13ClN2OS. The molecule has 2 aromatic heterocycles. The van der Waals surface area contributed by atoms with Crippen LogP contribution in [0, 0.1) is 0 Å². The van der Waals surface area contributed by atoms with Crippen LogP contribution in [-0.4, -0.2) is 17.1 Å². The van der Waals surface area contributed by atoms with E-state index in [4.69, 9.17) is 16.7 Å². The normalized spacial score (nSPS) is 10.5. The van der Waals surface area contributed by atoms with Crippen molar-refractivity contribution in [3.63, 3.8) is 0 Å². The van der Waals surface area contributed by atoms with Crippen LogP contribution in [0.2, 0.25) is 4.34 Å². The second-order valence-electron chi connectivity index (χ2n) is 3.74. The molecule has 90 valence electrons. The van der Waals surface area contributed by atoms with Gasteiger partial charge in [0.15, 0.2) is 0 Å². The van der Waals surface area contributed by atoms with Crippen molar-refractivity contribution >= 4 is 28.8 Å². The van der Waals surface area contributed by atoms with Crippen molar-refractivity contribution in [2.75, 3.05) is 11.9 Å². The second-order valence-corrected chi connectivity index (χ2v) is 5.54. The molecule has 2 rings (SSSR count). The zero-order valence-corrected chi connectivity index (χ0v) is 11.0. The van der Waals surface area contributed by atoms with Crippen LogP contribution in [0.4, 0.5) is 5.82 Å². The van der Waals surface area contributed by atoms with E-state index in [1.165, 1.54) is 4.88 Å². The predicted molar refractivity (Wildman–Crippen MR) is 71.6 cm³/mol. The Kier molecular flexibility index (Phi) is 3.99. The van der Waals surface area contributed by atoms with Gasteiger partial charge in [0.2, 0.25) is 0 Å². The summed E-state index contributed by atoms with van der Waals surface area (Å²) >= 11 is 7.46. The first-order chi connectivity index (χ1) is 8.19. The quantitative estimate of drug-likeness (QED) is 0.926. The molecule has 1 N–H and O–H groups in total. The van der Waals surface area contributed by atoms with Gasteiger partial charge in [-0.2, -0.15) is 0 Å². The van der Waals surface area contributed by atoms with E-state index < -0.39 is 0 Å². The summed E-state index contributed by atoms with van der Waals surface area (Å²) in [6, 6.07) is 7.70. The highest BCUT2D eigenvalue weighted by Crippen LogP contribution is 2.23. The lowest BCUT2D eigenvalue weighted by molar-refractivity contribution is 0.281. The highest BCUT2D eigenvalue weighted by Gasteiger charge is 2.05. The summed E-state index contributed by atoms with van der Waals surface area (Å²) in [4.78, 5) is 7.53. The SMILES string of the molecule is CN(Cc1ccc(Cl)s1)c1ccc(CO)cn1. The number of halogens is 1. The molecule has 0 aromatic carbocycles. The van der Waals surface area contributed by atoms with Gasteiger partial charge in [-0.15, -0.1) is 11.3 Å². The molecule has 0 bridgehead atoms.